The van der Waals surface area contributed by atoms with Crippen LogP contribution in [0.3, 0.4) is 0 Å². The van der Waals surface area contributed by atoms with Gasteiger partial charge in [-0.1, -0.05) is 54.3 Å². The molecular weight excluding hydrogens is 446 g/mol. The van der Waals surface area contributed by atoms with Gasteiger partial charge in [0.25, 0.3) is 5.91 Å². The van der Waals surface area contributed by atoms with Crippen molar-refractivity contribution in [3.05, 3.63) is 64.1 Å². The molecule has 6 nitrogen and oxygen atoms in total. The van der Waals surface area contributed by atoms with E-state index in [0.717, 1.165) is 28.5 Å². The summed E-state index contributed by atoms with van der Waals surface area (Å²) in [5.74, 6) is 0.361. The second-order valence-corrected chi connectivity index (χ2v) is 8.78. The number of thiocarbonyl (C=S) groups is 1. The highest BCUT2D eigenvalue weighted by molar-refractivity contribution is 8.26. The van der Waals surface area contributed by atoms with Gasteiger partial charge in [-0.25, -0.2) is 4.79 Å². The summed E-state index contributed by atoms with van der Waals surface area (Å²) >= 11 is 6.48. The normalized spacial score (nSPS) is 15.8. The van der Waals surface area contributed by atoms with Crippen molar-refractivity contribution in [2.75, 3.05) is 13.7 Å². The minimum atomic E-state index is -0.778. The molecule has 0 saturated carbocycles. The number of rotatable bonds is 8. The Morgan fingerprint density at radius 2 is 1.97 bits per heavy atom. The largest absolute Gasteiger partial charge is 0.493 e. The Morgan fingerprint density at radius 3 is 2.66 bits per heavy atom. The number of aryl methyl sites for hydroxylation is 1. The summed E-state index contributed by atoms with van der Waals surface area (Å²) in [4.78, 5) is 26.7. The number of ether oxygens (including phenoxy) is 3. The van der Waals surface area contributed by atoms with Gasteiger partial charge in [0.05, 0.1) is 18.6 Å². The summed E-state index contributed by atoms with van der Waals surface area (Å²) in [6, 6.07) is 12.7. The maximum atomic E-state index is 12.9. The molecule has 8 heteroatoms. The number of carbonyl (C=O) groups excluding carboxylic acids is 2. The molecule has 0 spiro atoms. The van der Waals surface area contributed by atoms with Gasteiger partial charge in [-0.15, -0.1) is 0 Å². The summed E-state index contributed by atoms with van der Waals surface area (Å²) in [6.45, 7) is 6.03. The average molecular weight is 472 g/mol. The molecule has 1 aliphatic rings. The fourth-order valence-electron chi connectivity index (χ4n) is 3.15. The summed E-state index contributed by atoms with van der Waals surface area (Å²) in [7, 11) is 1.57. The van der Waals surface area contributed by atoms with Gasteiger partial charge in [0, 0.05) is 0 Å². The molecule has 1 saturated heterocycles. The van der Waals surface area contributed by atoms with Crippen molar-refractivity contribution in [2.45, 2.75) is 33.4 Å². The highest BCUT2D eigenvalue weighted by Gasteiger charge is 2.38. The van der Waals surface area contributed by atoms with Gasteiger partial charge in [-0.2, -0.15) is 0 Å². The van der Waals surface area contributed by atoms with Gasteiger partial charge in [0.15, 0.2) is 11.5 Å². The second kappa shape index (κ2) is 10.7. The van der Waals surface area contributed by atoms with Crippen LogP contribution < -0.4 is 9.47 Å². The molecule has 1 amide bonds. The molecule has 2 aromatic carbocycles. The van der Waals surface area contributed by atoms with E-state index < -0.39 is 12.0 Å². The maximum absolute atomic E-state index is 12.9. The molecule has 1 aliphatic heterocycles. The highest BCUT2D eigenvalue weighted by atomic mass is 32.2. The zero-order chi connectivity index (χ0) is 23.3. The molecule has 168 valence electrons. The summed E-state index contributed by atoms with van der Waals surface area (Å²) in [5, 5.41) is 0. The van der Waals surface area contributed by atoms with Crippen LogP contribution in [-0.4, -0.2) is 40.9 Å². The number of thioether (sulfide) groups is 1. The topological polar surface area (TPSA) is 65.1 Å². The Morgan fingerprint density at radius 1 is 1.22 bits per heavy atom. The molecule has 3 rings (SSSR count). The zero-order valence-electron chi connectivity index (χ0n) is 18.4. The molecule has 1 heterocycles. The summed E-state index contributed by atoms with van der Waals surface area (Å²) < 4.78 is 16.8. The van der Waals surface area contributed by atoms with Gasteiger partial charge in [-0.05, 0) is 55.7 Å². The highest BCUT2D eigenvalue weighted by Crippen LogP contribution is 2.36. The standard InChI is InChI=1S/C24H25NO5S2/c1-5-29-23(27)16(3)25-22(26)21(32-24(25)31)13-17-10-11-19(20(12-17)28-4)30-14-18-9-7-6-8-15(18)2/h6-13,16H,5,14H2,1-4H3/b21-13-. The van der Waals surface area contributed by atoms with Gasteiger partial charge >= 0.3 is 5.97 Å². The molecule has 32 heavy (non-hydrogen) atoms. The Hall–Kier alpha value is -2.84. The van der Waals surface area contributed by atoms with Crippen molar-refractivity contribution >= 4 is 46.3 Å². The third kappa shape index (κ3) is 5.31. The van der Waals surface area contributed by atoms with Crippen molar-refractivity contribution in [1.29, 1.82) is 0 Å². The number of amides is 1. The molecule has 0 bridgehead atoms. The van der Waals surface area contributed by atoms with Gasteiger partial charge in [-0.3, -0.25) is 9.69 Å². The van der Waals surface area contributed by atoms with Crippen molar-refractivity contribution in [1.82, 2.24) is 4.90 Å². The van der Waals surface area contributed by atoms with E-state index >= 15 is 0 Å². The van der Waals surface area contributed by atoms with Crippen LogP contribution in [0.4, 0.5) is 0 Å². The number of methoxy groups -OCH3 is 1. The summed E-state index contributed by atoms with van der Waals surface area (Å²) in [6.07, 6.45) is 1.73. The molecule has 0 N–H and O–H groups in total. The van der Waals surface area contributed by atoms with Crippen molar-refractivity contribution < 1.29 is 23.8 Å². The second-order valence-electron chi connectivity index (χ2n) is 7.11. The number of carbonyl (C=O) groups is 2. The molecule has 1 unspecified atom stereocenters. The summed E-state index contributed by atoms with van der Waals surface area (Å²) in [5.41, 5.74) is 3.01. The number of nitrogens with zero attached hydrogens (tertiary/aromatic N) is 1. The van der Waals surface area contributed by atoms with Crippen molar-refractivity contribution in [3.63, 3.8) is 0 Å². The predicted molar refractivity (Wildman–Crippen MR) is 130 cm³/mol. The fourth-order valence-corrected chi connectivity index (χ4v) is 4.57. The van der Waals surface area contributed by atoms with E-state index in [9.17, 15) is 9.59 Å². The van der Waals surface area contributed by atoms with E-state index in [1.165, 1.54) is 4.90 Å². The van der Waals surface area contributed by atoms with E-state index in [1.54, 1.807) is 33.1 Å². The number of hydrogen-bond acceptors (Lipinski definition) is 7. The van der Waals surface area contributed by atoms with Crippen LogP contribution in [0.1, 0.15) is 30.5 Å². The van der Waals surface area contributed by atoms with E-state index in [2.05, 4.69) is 0 Å². The van der Waals surface area contributed by atoms with Crippen LogP contribution in [0.2, 0.25) is 0 Å². The minimum absolute atomic E-state index is 0.242. The lowest BCUT2D eigenvalue weighted by molar-refractivity contribution is -0.149. The first kappa shape index (κ1) is 23.8. The van der Waals surface area contributed by atoms with Crippen LogP contribution >= 0.6 is 24.0 Å². The van der Waals surface area contributed by atoms with Crippen LogP contribution in [0.5, 0.6) is 11.5 Å². The Kier molecular flexibility index (Phi) is 7.93. The van der Waals surface area contributed by atoms with Crippen LogP contribution in [0, 0.1) is 6.92 Å². The SMILES string of the molecule is CCOC(=O)C(C)N1C(=O)/C(=C/c2ccc(OCc3ccccc3C)c(OC)c2)SC1=S. The first-order chi connectivity index (χ1) is 15.3. The first-order valence-electron chi connectivity index (χ1n) is 10.1. The molecule has 0 aromatic heterocycles. The fraction of sp³-hybridized carbons (Fsp3) is 0.292. The van der Waals surface area contributed by atoms with E-state index in [4.69, 9.17) is 26.4 Å². The number of esters is 1. The van der Waals surface area contributed by atoms with E-state index in [0.29, 0.717) is 27.3 Å². The lowest BCUT2D eigenvalue weighted by Gasteiger charge is -2.21. The minimum Gasteiger partial charge on any atom is -0.493 e. The quantitative estimate of drug-likeness (QED) is 0.313. The van der Waals surface area contributed by atoms with Gasteiger partial charge < -0.3 is 14.2 Å². The van der Waals surface area contributed by atoms with Crippen molar-refractivity contribution in [3.8, 4) is 11.5 Å². The third-order valence-corrected chi connectivity index (χ3v) is 6.30. The van der Waals surface area contributed by atoms with Gasteiger partial charge in [0.2, 0.25) is 0 Å². The monoisotopic (exact) mass is 471 g/mol. The number of benzene rings is 2. The first-order valence-corrected chi connectivity index (χ1v) is 11.4. The van der Waals surface area contributed by atoms with Crippen LogP contribution in [-0.2, 0) is 20.9 Å². The Bertz CT molecular complexity index is 1070. The molecule has 2 aromatic rings. The molecular formula is C24H25NO5S2. The smallest absolute Gasteiger partial charge is 0.329 e. The molecule has 0 radical (unpaired) electrons. The lowest BCUT2D eigenvalue weighted by atomic mass is 10.1. The molecule has 1 atom stereocenters. The lowest BCUT2D eigenvalue weighted by Crippen LogP contribution is -2.42. The third-order valence-electron chi connectivity index (χ3n) is 4.97. The van der Waals surface area contributed by atoms with Crippen LogP contribution in [0.25, 0.3) is 6.08 Å². The number of hydrogen-bond donors (Lipinski definition) is 0. The molecule has 1 fully saturated rings. The van der Waals surface area contributed by atoms with Gasteiger partial charge in [0.1, 0.15) is 17.0 Å². The van der Waals surface area contributed by atoms with Crippen LogP contribution in [0.15, 0.2) is 47.4 Å². The van der Waals surface area contributed by atoms with Crippen molar-refractivity contribution in [2.24, 2.45) is 0 Å². The zero-order valence-corrected chi connectivity index (χ0v) is 20.0. The predicted octanol–water partition coefficient (Wildman–Crippen LogP) is 4.74. The Labute approximate surface area is 197 Å². The van der Waals surface area contributed by atoms with E-state index in [1.807, 2.05) is 43.3 Å². The average Bonchev–Trinajstić information content (AvgIpc) is 3.06. The molecule has 0 aliphatic carbocycles. The maximum Gasteiger partial charge on any atom is 0.329 e. The Balaban J connectivity index is 1.77. The van der Waals surface area contributed by atoms with E-state index in [-0.39, 0.29) is 12.5 Å².